The number of sulfonamides is 1. The Hall–Kier alpha value is 0.150. The van der Waals surface area contributed by atoms with Crippen LogP contribution in [0.15, 0.2) is 10.3 Å². The Balaban J connectivity index is 0.00000180. The Kier molecular flexibility index (Phi) is 5.69. The molecule has 1 aliphatic heterocycles. The van der Waals surface area contributed by atoms with Gasteiger partial charge >= 0.3 is 0 Å². The van der Waals surface area contributed by atoms with Crippen molar-refractivity contribution in [3.63, 3.8) is 0 Å². The topological polar surface area (TPSA) is 49.4 Å². The molecule has 1 aromatic heterocycles. The van der Waals surface area contributed by atoms with E-state index in [1.165, 1.54) is 0 Å². The molecule has 1 saturated heterocycles. The predicted molar refractivity (Wildman–Crippen MR) is 82.1 cm³/mol. The zero-order valence-corrected chi connectivity index (χ0v) is 14.2. The Bertz CT molecular complexity index is 515. The van der Waals surface area contributed by atoms with Crippen molar-refractivity contribution in [2.75, 3.05) is 13.1 Å². The van der Waals surface area contributed by atoms with Gasteiger partial charge in [-0.05, 0) is 32.4 Å². The van der Waals surface area contributed by atoms with Crippen LogP contribution in [0.5, 0.6) is 0 Å². The Morgan fingerprint density at radius 1 is 1.37 bits per heavy atom. The molecule has 0 aromatic carbocycles. The van der Waals surface area contributed by atoms with Gasteiger partial charge in [-0.1, -0.05) is 11.6 Å². The van der Waals surface area contributed by atoms with Crippen LogP contribution >= 0.6 is 35.3 Å². The molecule has 2 atom stereocenters. The maximum Gasteiger partial charge on any atom is 0.252 e. The SMILES string of the molecule is Cc1cc(S(=O)(=O)N2CC(C)NC(C)C2)sc1Cl.Cl. The number of aryl methyl sites for hydroxylation is 1. The molecule has 1 aliphatic rings. The Morgan fingerprint density at radius 3 is 2.32 bits per heavy atom. The van der Waals surface area contributed by atoms with E-state index in [9.17, 15) is 8.42 Å². The summed E-state index contributed by atoms with van der Waals surface area (Å²) in [5, 5.41) is 3.32. The average Bonchev–Trinajstić information content (AvgIpc) is 2.58. The van der Waals surface area contributed by atoms with Crippen LogP contribution in [-0.2, 0) is 10.0 Å². The van der Waals surface area contributed by atoms with Crippen molar-refractivity contribution in [1.82, 2.24) is 9.62 Å². The number of hydrogen-bond acceptors (Lipinski definition) is 4. The highest BCUT2D eigenvalue weighted by Gasteiger charge is 2.32. The molecule has 0 saturated carbocycles. The standard InChI is InChI=1S/C11H17ClN2O2S2.ClH/c1-7-4-10(17-11(7)12)18(15,16)14-5-8(2)13-9(3)6-14;/h4,8-9,13H,5-6H2,1-3H3;1H. The van der Waals surface area contributed by atoms with Crippen molar-refractivity contribution >= 4 is 45.4 Å². The van der Waals surface area contributed by atoms with Crippen LogP contribution in [0.25, 0.3) is 0 Å². The maximum atomic E-state index is 12.5. The molecular formula is C11H18Cl2N2O2S2. The van der Waals surface area contributed by atoms with Crippen LogP contribution in [0.3, 0.4) is 0 Å². The summed E-state index contributed by atoms with van der Waals surface area (Å²) in [6.07, 6.45) is 0. The lowest BCUT2D eigenvalue weighted by atomic mass is 10.2. The van der Waals surface area contributed by atoms with Crippen LogP contribution in [0.1, 0.15) is 19.4 Å². The monoisotopic (exact) mass is 344 g/mol. The van der Waals surface area contributed by atoms with Crippen molar-refractivity contribution in [1.29, 1.82) is 0 Å². The molecule has 4 nitrogen and oxygen atoms in total. The van der Waals surface area contributed by atoms with Crippen LogP contribution in [-0.4, -0.2) is 37.9 Å². The summed E-state index contributed by atoms with van der Waals surface area (Å²) in [4.78, 5) is 0. The van der Waals surface area contributed by atoms with E-state index in [1.54, 1.807) is 10.4 Å². The predicted octanol–water partition coefficient (Wildman–Crippen LogP) is 2.50. The number of halogens is 2. The summed E-state index contributed by atoms with van der Waals surface area (Å²) in [5.74, 6) is 0. The fourth-order valence-electron chi connectivity index (χ4n) is 2.16. The summed E-state index contributed by atoms with van der Waals surface area (Å²) < 4.78 is 27.4. The maximum absolute atomic E-state index is 12.5. The fraction of sp³-hybridized carbons (Fsp3) is 0.636. The molecule has 2 rings (SSSR count). The van der Waals surface area contributed by atoms with E-state index in [4.69, 9.17) is 11.6 Å². The smallest absolute Gasteiger partial charge is 0.252 e. The summed E-state index contributed by atoms with van der Waals surface area (Å²) in [6.45, 7) is 6.80. The third kappa shape index (κ3) is 3.62. The second-order valence-corrected chi connectivity index (χ2v) is 8.63. The lowest BCUT2D eigenvalue weighted by Crippen LogP contribution is -2.55. The molecule has 0 aliphatic carbocycles. The van der Waals surface area contributed by atoms with Gasteiger partial charge in [-0.15, -0.1) is 23.7 Å². The molecule has 0 bridgehead atoms. The van der Waals surface area contributed by atoms with E-state index in [2.05, 4.69) is 5.32 Å². The van der Waals surface area contributed by atoms with Gasteiger partial charge in [0.15, 0.2) is 0 Å². The fourth-order valence-corrected chi connectivity index (χ4v) is 5.64. The molecule has 1 N–H and O–H groups in total. The molecule has 19 heavy (non-hydrogen) atoms. The highest BCUT2D eigenvalue weighted by atomic mass is 35.5. The number of piperazine rings is 1. The van der Waals surface area contributed by atoms with Gasteiger partial charge in [0.25, 0.3) is 10.0 Å². The van der Waals surface area contributed by atoms with Crippen LogP contribution in [0.2, 0.25) is 4.34 Å². The number of nitrogens with one attached hydrogen (secondary N) is 1. The van der Waals surface area contributed by atoms with E-state index in [0.29, 0.717) is 21.6 Å². The molecule has 110 valence electrons. The average molecular weight is 345 g/mol. The van der Waals surface area contributed by atoms with Gasteiger partial charge in [-0.25, -0.2) is 8.42 Å². The largest absolute Gasteiger partial charge is 0.309 e. The first-order valence-electron chi connectivity index (χ1n) is 5.83. The molecule has 0 amide bonds. The van der Waals surface area contributed by atoms with E-state index in [0.717, 1.165) is 16.9 Å². The molecule has 0 spiro atoms. The van der Waals surface area contributed by atoms with E-state index in [1.807, 2.05) is 20.8 Å². The molecule has 1 aromatic rings. The number of hydrogen-bond donors (Lipinski definition) is 1. The zero-order chi connectivity index (χ0) is 13.5. The lowest BCUT2D eigenvalue weighted by Gasteiger charge is -2.34. The Labute approximate surface area is 129 Å². The quantitative estimate of drug-likeness (QED) is 0.896. The number of thiophene rings is 1. The summed E-state index contributed by atoms with van der Waals surface area (Å²) >= 11 is 7.09. The minimum atomic E-state index is -3.40. The minimum absolute atomic E-state index is 0. The molecule has 0 radical (unpaired) electrons. The van der Waals surface area contributed by atoms with Gasteiger partial charge in [0, 0.05) is 25.2 Å². The summed E-state index contributed by atoms with van der Waals surface area (Å²) in [5.41, 5.74) is 0.816. The summed E-state index contributed by atoms with van der Waals surface area (Å²) in [7, 11) is -3.40. The van der Waals surface area contributed by atoms with Crippen molar-refractivity contribution in [3.8, 4) is 0 Å². The minimum Gasteiger partial charge on any atom is -0.309 e. The van der Waals surface area contributed by atoms with Gasteiger partial charge in [0.2, 0.25) is 0 Å². The molecule has 8 heteroatoms. The second-order valence-electron chi connectivity index (χ2n) is 4.81. The highest BCUT2D eigenvalue weighted by molar-refractivity contribution is 7.91. The van der Waals surface area contributed by atoms with Gasteiger partial charge < -0.3 is 5.32 Å². The molecule has 2 heterocycles. The number of nitrogens with zero attached hydrogens (tertiary/aromatic N) is 1. The van der Waals surface area contributed by atoms with Gasteiger partial charge in [0.1, 0.15) is 4.21 Å². The highest BCUT2D eigenvalue weighted by Crippen LogP contribution is 2.32. The Morgan fingerprint density at radius 2 is 1.89 bits per heavy atom. The van der Waals surface area contributed by atoms with Crippen LogP contribution in [0.4, 0.5) is 0 Å². The summed E-state index contributed by atoms with van der Waals surface area (Å²) in [6, 6.07) is 1.99. The van der Waals surface area contributed by atoms with Gasteiger partial charge in [-0.2, -0.15) is 4.31 Å². The first kappa shape index (κ1) is 17.2. The van der Waals surface area contributed by atoms with E-state index >= 15 is 0 Å². The number of rotatable bonds is 2. The third-order valence-electron chi connectivity index (χ3n) is 2.95. The third-order valence-corrected chi connectivity index (χ3v) is 6.79. The lowest BCUT2D eigenvalue weighted by molar-refractivity contribution is 0.263. The van der Waals surface area contributed by atoms with Crippen molar-refractivity contribution in [2.45, 2.75) is 37.1 Å². The first-order valence-corrected chi connectivity index (χ1v) is 8.46. The van der Waals surface area contributed by atoms with Crippen LogP contribution in [0, 0.1) is 6.92 Å². The van der Waals surface area contributed by atoms with Crippen LogP contribution < -0.4 is 5.32 Å². The zero-order valence-electron chi connectivity index (χ0n) is 11.0. The van der Waals surface area contributed by atoms with Crippen molar-refractivity contribution in [3.05, 3.63) is 16.0 Å². The van der Waals surface area contributed by atoms with E-state index in [-0.39, 0.29) is 24.5 Å². The van der Waals surface area contributed by atoms with Gasteiger partial charge in [-0.3, -0.25) is 0 Å². The molecular weight excluding hydrogens is 327 g/mol. The second kappa shape index (κ2) is 6.28. The molecule has 2 unspecified atom stereocenters. The molecule has 1 fully saturated rings. The first-order chi connectivity index (χ1) is 8.30. The van der Waals surface area contributed by atoms with Crippen molar-refractivity contribution < 1.29 is 8.42 Å². The normalized spacial score (nSPS) is 25.1. The van der Waals surface area contributed by atoms with Crippen molar-refractivity contribution in [2.24, 2.45) is 0 Å². The van der Waals surface area contributed by atoms with E-state index < -0.39 is 10.0 Å². The van der Waals surface area contributed by atoms with Gasteiger partial charge in [0.05, 0.1) is 4.34 Å².